The minimum atomic E-state index is 0.408. The van der Waals surface area contributed by atoms with Crippen LogP contribution in [-0.4, -0.2) is 36.5 Å². The number of nitrogens with zero attached hydrogens (tertiary/aromatic N) is 1. The number of nitrogens with one attached hydrogen (secondary N) is 1. The fourth-order valence-corrected chi connectivity index (χ4v) is 2.91. The van der Waals surface area contributed by atoms with Crippen molar-refractivity contribution in [2.24, 2.45) is 5.92 Å². The highest BCUT2D eigenvalue weighted by Crippen LogP contribution is 2.30. The Labute approximate surface area is 105 Å². The highest BCUT2D eigenvalue weighted by molar-refractivity contribution is 5.77. The van der Waals surface area contributed by atoms with Crippen molar-refractivity contribution in [3.63, 3.8) is 0 Å². The second-order valence-corrected chi connectivity index (χ2v) is 5.59. The third-order valence-corrected chi connectivity index (χ3v) is 4.18. The highest BCUT2D eigenvalue weighted by Gasteiger charge is 2.28. The van der Waals surface area contributed by atoms with Gasteiger partial charge in [0.05, 0.1) is 0 Å². The van der Waals surface area contributed by atoms with Crippen molar-refractivity contribution in [1.82, 2.24) is 10.2 Å². The number of carbonyl (C=O) groups is 1. The molecule has 1 atom stereocenters. The van der Waals surface area contributed by atoms with E-state index in [1.807, 2.05) is 0 Å². The molecule has 1 aliphatic carbocycles. The predicted octanol–water partition coefficient (Wildman–Crippen LogP) is 2.17. The van der Waals surface area contributed by atoms with E-state index in [9.17, 15) is 4.79 Å². The number of amides is 1. The van der Waals surface area contributed by atoms with Crippen LogP contribution in [0.25, 0.3) is 0 Å². The van der Waals surface area contributed by atoms with Crippen molar-refractivity contribution in [3.05, 3.63) is 0 Å². The molecule has 1 aliphatic heterocycles. The number of piperidine rings is 1. The minimum absolute atomic E-state index is 0.408. The molecule has 1 unspecified atom stereocenters. The molecule has 2 aliphatic rings. The Kier molecular flexibility index (Phi) is 4.84. The Bertz CT molecular complexity index is 245. The SMILES string of the molecule is CCCN(C(=O)CC1CCC1)C1CCCNC1. The number of carbonyl (C=O) groups excluding carboxylic acids is 1. The third kappa shape index (κ3) is 3.44. The molecule has 98 valence electrons. The van der Waals surface area contributed by atoms with Crippen LogP contribution in [0, 0.1) is 5.92 Å². The van der Waals surface area contributed by atoms with Crippen LogP contribution in [0.1, 0.15) is 51.9 Å². The summed E-state index contributed by atoms with van der Waals surface area (Å²) in [5, 5.41) is 3.42. The number of rotatable bonds is 5. The lowest BCUT2D eigenvalue weighted by Crippen LogP contribution is -2.49. The van der Waals surface area contributed by atoms with E-state index in [-0.39, 0.29) is 0 Å². The van der Waals surface area contributed by atoms with Crippen LogP contribution >= 0.6 is 0 Å². The van der Waals surface area contributed by atoms with Crippen molar-refractivity contribution in [1.29, 1.82) is 0 Å². The zero-order chi connectivity index (χ0) is 12.1. The van der Waals surface area contributed by atoms with Gasteiger partial charge in [0.15, 0.2) is 0 Å². The van der Waals surface area contributed by atoms with Gasteiger partial charge in [-0.05, 0) is 44.6 Å². The van der Waals surface area contributed by atoms with Gasteiger partial charge in [0.1, 0.15) is 0 Å². The Balaban J connectivity index is 1.86. The normalized spacial score (nSPS) is 25.4. The molecule has 3 heteroatoms. The molecular weight excluding hydrogens is 212 g/mol. The Morgan fingerprint density at radius 2 is 2.12 bits per heavy atom. The molecule has 17 heavy (non-hydrogen) atoms. The van der Waals surface area contributed by atoms with Gasteiger partial charge < -0.3 is 10.2 Å². The first kappa shape index (κ1) is 12.9. The maximum atomic E-state index is 12.3. The van der Waals surface area contributed by atoms with Crippen LogP contribution < -0.4 is 5.32 Å². The van der Waals surface area contributed by atoms with Gasteiger partial charge in [0, 0.05) is 25.6 Å². The number of hydrogen-bond acceptors (Lipinski definition) is 2. The zero-order valence-corrected chi connectivity index (χ0v) is 11.1. The summed E-state index contributed by atoms with van der Waals surface area (Å²) >= 11 is 0. The van der Waals surface area contributed by atoms with Gasteiger partial charge in [-0.3, -0.25) is 4.79 Å². The van der Waals surface area contributed by atoms with Crippen LogP contribution in [0.5, 0.6) is 0 Å². The lowest BCUT2D eigenvalue weighted by Gasteiger charge is -2.36. The minimum Gasteiger partial charge on any atom is -0.338 e. The van der Waals surface area contributed by atoms with Crippen LogP contribution in [0.15, 0.2) is 0 Å². The molecule has 1 saturated heterocycles. The average Bonchev–Trinajstić information content (AvgIpc) is 2.31. The molecule has 0 aromatic rings. The fraction of sp³-hybridized carbons (Fsp3) is 0.929. The molecule has 1 N–H and O–H groups in total. The summed E-state index contributed by atoms with van der Waals surface area (Å²) in [6.45, 7) is 5.22. The molecule has 0 spiro atoms. The maximum absolute atomic E-state index is 12.3. The number of hydrogen-bond donors (Lipinski definition) is 1. The van der Waals surface area contributed by atoms with E-state index in [0.29, 0.717) is 17.9 Å². The van der Waals surface area contributed by atoms with Gasteiger partial charge in [0.2, 0.25) is 5.91 Å². The van der Waals surface area contributed by atoms with E-state index in [0.717, 1.165) is 32.5 Å². The second-order valence-electron chi connectivity index (χ2n) is 5.59. The van der Waals surface area contributed by atoms with Gasteiger partial charge >= 0.3 is 0 Å². The molecule has 0 aromatic heterocycles. The topological polar surface area (TPSA) is 32.3 Å². The molecule has 2 rings (SSSR count). The smallest absolute Gasteiger partial charge is 0.223 e. The summed E-state index contributed by atoms with van der Waals surface area (Å²) < 4.78 is 0. The Morgan fingerprint density at radius 1 is 1.29 bits per heavy atom. The van der Waals surface area contributed by atoms with Gasteiger partial charge in [0.25, 0.3) is 0 Å². The second kappa shape index (κ2) is 6.39. The van der Waals surface area contributed by atoms with Crippen molar-refractivity contribution in [2.75, 3.05) is 19.6 Å². The lowest BCUT2D eigenvalue weighted by molar-refractivity contribution is -0.135. The van der Waals surface area contributed by atoms with Crippen molar-refractivity contribution in [2.45, 2.75) is 57.9 Å². The largest absolute Gasteiger partial charge is 0.338 e. The van der Waals surface area contributed by atoms with E-state index in [1.54, 1.807) is 0 Å². The van der Waals surface area contributed by atoms with Gasteiger partial charge in [-0.1, -0.05) is 13.3 Å². The van der Waals surface area contributed by atoms with Crippen LogP contribution in [0.3, 0.4) is 0 Å². The molecule has 0 bridgehead atoms. The quantitative estimate of drug-likeness (QED) is 0.796. The van der Waals surface area contributed by atoms with Gasteiger partial charge in [-0.15, -0.1) is 0 Å². The summed E-state index contributed by atoms with van der Waals surface area (Å²) in [5.41, 5.74) is 0. The summed E-state index contributed by atoms with van der Waals surface area (Å²) in [6, 6.07) is 0.455. The Hall–Kier alpha value is -0.570. The van der Waals surface area contributed by atoms with Crippen LogP contribution in [-0.2, 0) is 4.79 Å². The van der Waals surface area contributed by atoms with Crippen LogP contribution in [0.2, 0.25) is 0 Å². The first-order valence-corrected chi connectivity index (χ1v) is 7.31. The summed E-state index contributed by atoms with van der Waals surface area (Å²) in [6.07, 6.45) is 8.15. The molecule has 2 fully saturated rings. The van der Waals surface area contributed by atoms with E-state index in [2.05, 4.69) is 17.1 Å². The standard InChI is InChI=1S/C14H26N2O/c1-2-9-16(13-7-4-8-15-11-13)14(17)10-12-5-3-6-12/h12-13,15H,2-11H2,1H3. The van der Waals surface area contributed by atoms with E-state index in [1.165, 1.54) is 32.1 Å². The molecule has 3 nitrogen and oxygen atoms in total. The fourth-order valence-electron chi connectivity index (χ4n) is 2.91. The summed E-state index contributed by atoms with van der Waals surface area (Å²) in [7, 11) is 0. The van der Waals surface area contributed by atoms with Gasteiger partial charge in [-0.2, -0.15) is 0 Å². The first-order valence-electron chi connectivity index (χ1n) is 7.31. The molecule has 1 saturated carbocycles. The average molecular weight is 238 g/mol. The van der Waals surface area contributed by atoms with Crippen molar-refractivity contribution < 1.29 is 4.79 Å². The molecule has 1 amide bonds. The summed E-state index contributed by atoms with van der Waals surface area (Å²) in [4.78, 5) is 14.5. The predicted molar refractivity (Wildman–Crippen MR) is 69.9 cm³/mol. The van der Waals surface area contributed by atoms with Crippen LogP contribution in [0.4, 0.5) is 0 Å². The summed E-state index contributed by atoms with van der Waals surface area (Å²) in [5.74, 6) is 1.10. The molecule has 0 aromatic carbocycles. The van der Waals surface area contributed by atoms with Crippen molar-refractivity contribution in [3.8, 4) is 0 Å². The Morgan fingerprint density at radius 3 is 2.65 bits per heavy atom. The van der Waals surface area contributed by atoms with Crippen molar-refractivity contribution >= 4 is 5.91 Å². The zero-order valence-electron chi connectivity index (χ0n) is 11.1. The molecular formula is C14H26N2O. The van der Waals surface area contributed by atoms with E-state index >= 15 is 0 Å². The van der Waals surface area contributed by atoms with Gasteiger partial charge in [-0.25, -0.2) is 0 Å². The highest BCUT2D eigenvalue weighted by atomic mass is 16.2. The molecule has 1 heterocycles. The van der Waals surface area contributed by atoms with E-state index < -0.39 is 0 Å². The van der Waals surface area contributed by atoms with E-state index in [4.69, 9.17) is 0 Å². The lowest BCUT2D eigenvalue weighted by atomic mass is 9.82. The first-order chi connectivity index (χ1) is 8.31. The third-order valence-electron chi connectivity index (χ3n) is 4.18. The maximum Gasteiger partial charge on any atom is 0.223 e. The monoisotopic (exact) mass is 238 g/mol. The molecule has 0 radical (unpaired) electrons.